The zero-order chi connectivity index (χ0) is 14.7. The number of nitrogen functional groups attached to an aromatic ring is 1. The quantitative estimate of drug-likeness (QED) is 0.673. The van der Waals surface area contributed by atoms with E-state index < -0.39 is 5.97 Å². The van der Waals surface area contributed by atoms with E-state index in [2.05, 4.69) is 0 Å². The number of Topliss-reactive ketones (excluding diaryl/α,β-unsaturated/α-hetero) is 1. The molecule has 20 heavy (non-hydrogen) atoms. The van der Waals surface area contributed by atoms with Crippen molar-refractivity contribution in [3.05, 3.63) is 10.4 Å². The standard InChI is InChI=1S/C13H18N2O4S/c1-8(16)11-10(14)9(13(17)18-2)12(20-11)15-4-3-6-19-7-5-15/h3-7,14H2,1-2H3. The van der Waals surface area contributed by atoms with Crippen LogP contribution in [0.5, 0.6) is 0 Å². The van der Waals surface area contributed by atoms with Gasteiger partial charge in [-0.1, -0.05) is 0 Å². The fourth-order valence-electron chi connectivity index (χ4n) is 2.16. The normalized spacial score (nSPS) is 15.8. The lowest BCUT2D eigenvalue weighted by Gasteiger charge is -2.21. The van der Waals surface area contributed by atoms with Crippen LogP contribution in [0.25, 0.3) is 0 Å². The van der Waals surface area contributed by atoms with Crippen LogP contribution in [0.4, 0.5) is 10.7 Å². The van der Waals surface area contributed by atoms with Crippen LogP contribution in [0.1, 0.15) is 33.4 Å². The van der Waals surface area contributed by atoms with Gasteiger partial charge in [-0.25, -0.2) is 4.79 Å². The number of hydrogen-bond acceptors (Lipinski definition) is 7. The van der Waals surface area contributed by atoms with Crippen molar-refractivity contribution in [2.75, 3.05) is 44.0 Å². The van der Waals surface area contributed by atoms with Gasteiger partial charge in [0.05, 0.1) is 24.3 Å². The van der Waals surface area contributed by atoms with Crippen LogP contribution >= 0.6 is 11.3 Å². The van der Waals surface area contributed by atoms with Crippen LogP contribution < -0.4 is 10.6 Å². The number of anilines is 2. The Morgan fingerprint density at radius 3 is 2.75 bits per heavy atom. The monoisotopic (exact) mass is 298 g/mol. The van der Waals surface area contributed by atoms with Gasteiger partial charge in [0.25, 0.3) is 0 Å². The first-order chi connectivity index (χ1) is 9.56. The van der Waals surface area contributed by atoms with Gasteiger partial charge < -0.3 is 20.1 Å². The lowest BCUT2D eigenvalue weighted by atomic mass is 10.2. The third-order valence-corrected chi connectivity index (χ3v) is 4.51. The Balaban J connectivity index is 2.46. The Morgan fingerprint density at radius 1 is 1.35 bits per heavy atom. The fraction of sp³-hybridized carbons (Fsp3) is 0.538. The highest BCUT2D eigenvalue weighted by atomic mass is 32.1. The first-order valence-electron chi connectivity index (χ1n) is 6.40. The van der Waals surface area contributed by atoms with E-state index in [1.807, 2.05) is 4.90 Å². The molecule has 0 radical (unpaired) electrons. The molecule has 1 aromatic heterocycles. The summed E-state index contributed by atoms with van der Waals surface area (Å²) in [6.07, 6.45) is 0.869. The molecule has 0 saturated carbocycles. The number of nitrogens with zero attached hydrogens (tertiary/aromatic N) is 1. The second-order valence-electron chi connectivity index (χ2n) is 4.53. The maximum absolute atomic E-state index is 12.0. The minimum absolute atomic E-state index is 0.144. The fourth-order valence-corrected chi connectivity index (χ4v) is 3.32. The largest absolute Gasteiger partial charge is 0.465 e. The summed E-state index contributed by atoms with van der Waals surface area (Å²) < 4.78 is 10.2. The van der Waals surface area contributed by atoms with Crippen molar-refractivity contribution in [2.45, 2.75) is 13.3 Å². The summed E-state index contributed by atoms with van der Waals surface area (Å²) >= 11 is 1.25. The molecule has 0 spiro atoms. The molecular formula is C13H18N2O4S. The van der Waals surface area contributed by atoms with Crippen molar-refractivity contribution in [3.8, 4) is 0 Å². The molecule has 0 bridgehead atoms. The zero-order valence-corrected chi connectivity index (χ0v) is 12.4. The van der Waals surface area contributed by atoms with Gasteiger partial charge >= 0.3 is 5.97 Å². The van der Waals surface area contributed by atoms with Gasteiger partial charge in [-0.2, -0.15) is 0 Å². The molecule has 7 heteroatoms. The topological polar surface area (TPSA) is 81.9 Å². The van der Waals surface area contributed by atoms with Crippen LogP contribution in [0.3, 0.4) is 0 Å². The second-order valence-corrected chi connectivity index (χ2v) is 5.52. The third kappa shape index (κ3) is 2.78. The molecule has 0 amide bonds. The van der Waals surface area contributed by atoms with Gasteiger partial charge in [0.2, 0.25) is 0 Å². The van der Waals surface area contributed by atoms with Gasteiger partial charge in [-0.05, 0) is 6.42 Å². The van der Waals surface area contributed by atoms with Crippen molar-refractivity contribution >= 4 is 33.8 Å². The summed E-state index contributed by atoms with van der Waals surface area (Å²) in [5, 5.41) is 0.699. The van der Waals surface area contributed by atoms with E-state index in [1.165, 1.54) is 25.4 Å². The molecule has 110 valence electrons. The predicted molar refractivity (Wildman–Crippen MR) is 77.7 cm³/mol. The molecule has 0 unspecified atom stereocenters. The minimum atomic E-state index is -0.508. The predicted octanol–water partition coefficient (Wildman–Crippen LogP) is 1.55. The zero-order valence-electron chi connectivity index (χ0n) is 11.6. The van der Waals surface area contributed by atoms with Crippen LogP contribution in [0.2, 0.25) is 0 Å². The van der Waals surface area contributed by atoms with Crippen LogP contribution in [-0.2, 0) is 9.47 Å². The third-order valence-electron chi connectivity index (χ3n) is 3.15. The number of thiophene rings is 1. The van der Waals surface area contributed by atoms with Crippen LogP contribution in [0, 0.1) is 0 Å². The number of nitrogens with two attached hydrogens (primary N) is 1. The summed E-state index contributed by atoms with van der Waals surface area (Å²) in [4.78, 5) is 26.0. The van der Waals surface area contributed by atoms with Crippen LogP contribution in [-0.4, -0.2) is 45.2 Å². The summed E-state index contributed by atoms with van der Waals surface area (Å²) in [5.74, 6) is -0.651. The van der Waals surface area contributed by atoms with E-state index >= 15 is 0 Å². The van der Waals surface area contributed by atoms with Gasteiger partial charge in [-0.3, -0.25) is 4.79 Å². The highest BCUT2D eigenvalue weighted by Crippen LogP contribution is 2.39. The molecule has 2 N–H and O–H groups in total. The number of carbonyl (C=O) groups is 2. The van der Waals surface area contributed by atoms with Gasteiger partial charge in [0, 0.05) is 26.6 Å². The van der Waals surface area contributed by atoms with Crippen molar-refractivity contribution in [2.24, 2.45) is 0 Å². The lowest BCUT2D eigenvalue weighted by molar-refractivity contribution is 0.0603. The first-order valence-corrected chi connectivity index (χ1v) is 7.22. The summed E-state index contributed by atoms with van der Waals surface area (Å²) in [6.45, 7) is 4.17. The Labute approximate surface area is 121 Å². The van der Waals surface area contributed by atoms with E-state index in [9.17, 15) is 9.59 Å². The molecule has 0 aromatic carbocycles. The number of ketones is 1. The lowest BCUT2D eigenvalue weighted by Crippen LogP contribution is -2.26. The SMILES string of the molecule is COC(=O)c1c(N2CCCOCC2)sc(C(C)=O)c1N. The molecule has 2 rings (SSSR count). The molecular weight excluding hydrogens is 280 g/mol. The van der Waals surface area contributed by atoms with Gasteiger partial charge in [0.15, 0.2) is 5.78 Å². The van der Waals surface area contributed by atoms with Gasteiger partial charge in [0.1, 0.15) is 10.6 Å². The maximum atomic E-state index is 12.0. The average molecular weight is 298 g/mol. The van der Waals surface area contributed by atoms with Gasteiger partial charge in [-0.15, -0.1) is 11.3 Å². The second kappa shape index (κ2) is 6.23. The number of rotatable bonds is 3. The van der Waals surface area contributed by atoms with E-state index in [1.54, 1.807) is 0 Å². The highest BCUT2D eigenvalue weighted by Gasteiger charge is 2.28. The number of ether oxygens (including phenoxy) is 2. The maximum Gasteiger partial charge on any atom is 0.343 e. The molecule has 1 aliphatic heterocycles. The van der Waals surface area contributed by atoms with E-state index in [0.29, 0.717) is 35.2 Å². The van der Waals surface area contributed by atoms with E-state index in [4.69, 9.17) is 15.2 Å². The Morgan fingerprint density at radius 2 is 2.10 bits per heavy atom. The Hall–Kier alpha value is -1.60. The molecule has 0 aliphatic carbocycles. The molecule has 1 fully saturated rings. The Kier molecular flexibility index (Phi) is 4.61. The molecule has 1 saturated heterocycles. The number of methoxy groups -OCH3 is 1. The number of esters is 1. The minimum Gasteiger partial charge on any atom is -0.465 e. The van der Waals surface area contributed by atoms with E-state index in [-0.39, 0.29) is 11.5 Å². The first kappa shape index (κ1) is 14.8. The average Bonchev–Trinajstić information content (AvgIpc) is 2.63. The molecule has 2 heterocycles. The van der Waals surface area contributed by atoms with E-state index in [0.717, 1.165) is 13.0 Å². The van der Waals surface area contributed by atoms with Crippen molar-refractivity contribution in [1.29, 1.82) is 0 Å². The van der Waals surface area contributed by atoms with Crippen molar-refractivity contribution in [3.63, 3.8) is 0 Å². The molecule has 6 nitrogen and oxygen atoms in total. The number of carbonyl (C=O) groups excluding carboxylic acids is 2. The molecule has 0 atom stereocenters. The highest BCUT2D eigenvalue weighted by molar-refractivity contribution is 7.19. The summed E-state index contributed by atoms with van der Waals surface area (Å²) in [5.41, 5.74) is 6.47. The molecule has 1 aliphatic rings. The van der Waals surface area contributed by atoms with Crippen LogP contribution in [0.15, 0.2) is 0 Å². The van der Waals surface area contributed by atoms with Crippen molar-refractivity contribution in [1.82, 2.24) is 0 Å². The summed E-state index contributed by atoms with van der Waals surface area (Å²) in [6, 6.07) is 0. The summed E-state index contributed by atoms with van der Waals surface area (Å²) in [7, 11) is 1.31. The van der Waals surface area contributed by atoms with Crippen molar-refractivity contribution < 1.29 is 19.1 Å². The Bertz CT molecular complexity index is 519. The smallest absolute Gasteiger partial charge is 0.343 e. The number of hydrogen-bond donors (Lipinski definition) is 1. The molecule has 1 aromatic rings.